The molecule has 2 rings (SSSR count). The van der Waals surface area contributed by atoms with Crippen molar-refractivity contribution in [3.05, 3.63) is 35.2 Å². The number of rotatable bonds is 3. The first-order valence-electron chi connectivity index (χ1n) is 5.39. The number of nitrogens with zero attached hydrogens (tertiary/aromatic N) is 1. The van der Waals surface area contributed by atoms with E-state index in [4.69, 9.17) is 0 Å². The third-order valence-electron chi connectivity index (χ3n) is 2.38. The lowest BCUT2D eigenvalue weighted by Crippen LogP contribution is -2.11. The molecule has 1 amide bonds. The highest BCUT2D eigenvalue weighted by Crippen LogP contribution is 2.31. The minimum atomic E-state index is -4.35. The van der Waals surface area contributed by atoms with Crippen LogP contribution in [0.25, 0.3) is 11.3 Å². The molecule has 2 aromatic rings. The Kier molecular flexibility index (Phi) is 4.44. The van der Waals surface area contributed by atoms with Gasteiger partial charge in [0.2, 0.25) is 5.91 Å². The van der Waals surface area contributed by atoms with Gasteiger partial charge in [0.1, 0.15) is 0 Å². The van der Waals surface area contributed by atoms with Gasteiger partial charge in [-0.15, -0.1) is 11.3 Å². The van der Waals surface area contributed by atoms with Gasteiger partial charge in [-0.3, -0.25) is 4.79 Å². The largest absolute Gasteiger partial charge is 0.416 e. The van der Waals surface area contributed by atoms with Crippen LogP contribution < -0.4 is 5.32 Å². The smallest absolute Gasteiger partial charge is 0.301 e. The molecule has 0 unspecified atom stereocenters. The number of alkyl halides is 4. The van der Waals surface area contributed by atoms with Gasteiger partial charge in [0.15, 0.2) is 5.13 Å². The van der Waals surface area contributed by atoms with Gasteiger partial charge in [0.25, 0.3) is 0 Å². The molecule has 0 bridgehead atoms. The molecular formula is C12H8BrF3N2OS. The van der Waals surface area contributed by atoms with Gasteiger partial charge in [-0.05, 0) is 12.1 Å². The second kappa shape index (κ2) is 5.92. The molecule has 0 aliphatic rings. The van der Waals surface area contributed by atoms with Crippen molar-refractivity contribution in [2.24, 2.45) is 0 Å². The van der Waals surface area contributed by atoms with E-state index >= 15 is 0 Å². The number of hydrogen-bond acceptors (Lipinski definition) is 3. The van der Waals surface area contributed by atoms with Gasteiger partial charge >= 0.3 is 6.18 Å². The Balaban J connectivity index is 2.18. The van der Waals surface area contributed by atoms with Crippen LogP contribution in [0.3, 0.4) is 0 Å². The maximum Gasteiger partial charge on any atom is 0.416 e. The van der Waals surface area contributed by atoms with Crippen molar-refractivity contribution in [2.45, 2.75) is 6.18 Å². The molecule has 20 heavy (non-hydrogen) atoms. The van der Waals surface area contributed by atoms with Crippen molar-refractivity contribution in [1.29, 1.82) is 0 Å². The van der Waals surface area contributed by atoms with E-state index in [-0.39, 0.29) is 11.2 Å². The van der Waals surface area contributed by atoms with E-state index in [0.29, 0.717) is 16.4 Å². The molecule has 1 aromatic carbocycles. The molecule has 3 nitrogen and oxygen atoms in total. The van der Waals surface area contributed by atoms with Crippen LogP contribution in [-0.2, 0) is 11.0 Å². The van der Waals surface area contributed by atoms with Gasteiger partial charge in [0, 0.05) is 10.9 Å². The molecule has 0 atom stereocenters. The molecule has 0 aliphatic heterocycles. The van der Waals surface area contributed by atoms with Crippen LogP contribution in [-0.4, -0.2) is 16.2 Å². The van der Waals surface area contributed by atoms with E-state index in [1.807, 2.05) is 0 Å². The Morgan fingerprint density at radius 2 is 1.95 bits per heavy atom. The molecule has 0 aliphatic carbocycles. The SMILES string of the molecule is O=C(CBr)Nc1nc(-c2ccc(C(F)(F)F)cc2)cs1. The van der Waals surface area contributed by atoms with Crippen LogP contribution in [0.15, 0.2) is 29.6 Å². The van der Waals surface area contributed by atoms with E-state index in [0.717, 1.165) is 12.1 Å². The fraction of sp³-hybridized carbons (Fsp3) is 0.167. The number of benzene rings is 1. The lowest BCUT2D eigenvalue weighted by molar-refractivity contribution is -0.137. The molecular weight excluding hydrogens is 357 g/mol. The number of amides is 1. The third-order valence-corrected chi connectivity index (χ3v) is 3.65. The highest BCUT2D eigenvalue weighted by molar-refractivity contribution is 9.09. The fourth-order valence-corrected chi connectivity index (χ4v) is 2.32. The Hall–Kier alpha value is -1.41. The standard InChI is InChI=1S/C12H8BrF3N2OS/c13-5-10(19)18-11-17-9(6-20-11)7-1-3-8(4-2-7)12(14,15)16/h1-4,6H,5H2,(H,17,18,19). The zero-order valence-electron chi connectivity index (χ0n) is 9.87. The summed E-state index contributed by atoms with van der Waals surface area (Å²) >= 11 is 4.22. The Bertz CT molecular complexity index is 610. The summed E-state index contributed by atoms with van der Waals surface area (Å²) in [6.07, 6.45) is -4.35. The highest BCUT2D eigenvalue weighted by atomic mass is 79.9. The average molecular weight is 365 g/mol. The molecule has 0 fully saturated rings. The van der Waals surface area contributed by atoms with Crippen LogP contribution in [0, 0.1) is 0 Å². The first kappa shape index (κ1) is 15.0. The second-order valence-electron chi connectivity index (χ2n) is 3.79. The predicted molar refractivity (Wildman–Crippen MR) is 75.0 cm³/mol. The van der Waals surface area contributed by atoms with E-state index in [1.54, 1.807) is 5.38 Å². The number of nitrogens with one attached hydrogen (secondary N) is 1. The zero-order valence-corrected chi connectivity index (χ0v) is 12.3. The molecule has 0 saturated heterocycles. The van der Waals surface area contributed by atoms with Gasteiger partial charge in [-0.1, -0.05) is 28.1 Å². The summed E-state index contributed by atoms with van der Waals surface area (Å²) in [5, 5.41) is 4.79. The number of anilines is 1. The van der Waals surface area contributed by atoms with Crippen molar-refractivity contribution in [3.63, 3.8) is 0 Å². The quantitative estimate of drug-likeness (QED) is 0.830. The van der Waals surface area contributed by atoms with Crippen LogP contribution in [0.1, 0.15) is 5.56 Å². The van der Waals surface area contributed by atoms with Crippen LogP contribution in [0.5, 0.6) is 0 Å². The molecule has 0 radical (unpaired) electrons. The summed E-state index contributed by atoms with van der Waals surface area (Å²) in [5.41, 5.74) is 0.381. The first-order valence-corrected chi connectivity index (χ1v) is 7.39. The Labute approximate surface area is 125 Å². The number of aromatic nitrogens is 1. The highest BCUT2D eigenvalue weighted by Gasteiger charge is 2.30. The summed E-state index contributed by atoms with van der Waals surface area (Å²) in [6, 6.07) is 4.72. The normalized spacial score (nSPS) is 11.4. The average Bonchev–Trinajstić information content (AvgIpc) is 2.86. The summed E-state index contributed by atoms with van der Waals surface area (Å²) in [6.45, 7) is 0. The predicted octanol–water partition coefficient (Wildman–Crippen LogP) is 4.16. The topological polar surface area (TPSA) is 42.0 Å². The van der Waals surface area contributed by atoms with Gasteiger partial charge in [0.05, 0.1) is 16.6 Å². The van der Waals surface area contributed by atoms with Crippen molar-refractivity contribution in [3.8, 4) is 11.3 Å². The van der Waals surface area contributed by atoms with E-state index < -0.39 is 11.7 Å². The number of carbonyl (C=O) groups is 1. The van der Waals surface area contributed by atoms with Crippen molar-refractivity contribution < 1.29 is 18.0 Å². The van der Waals surface area contributed by atoms with Crippen molar-refractivity contribution in [2.75, 3.05) is 10.6 Å². The maximum absolute atomic E-state index is 12.4. The number of thiazole rings is 1. The van der Waals surface area contributed by atoms with E-state index in [9.17, 15) is 18.0 Å². The summed E-state index contributed by atoms with van der Waals surface area (Å²) < 4.78 is 37.3. The molecule has 1 heterocycles. The van der Waals surface area contributed by atoms with Gasteiger partial charge < -0.3 is 5.32 Å². The van der Waals surface area contributed by atoms with Gasteiger partial charge in [-0.25, -0.2) is 4.98 Å². The van der Waals surface area contributed by atoms with Crippen molar-refractivity contribution >= 4 is 38.3 Å². The molecule has 0 saturated carbocycles. The third kappa shape index (κ3) is 3.57. The lowest BCUT2D eigenvalue weighted by Gasteiger charge is -2.06. The van der Waals surface area contributed by atoms with Crippen molar-refractivity contribution in [1.82, 2.24) is 4.98 Å². The fourth-order valence-electron chi connectivity index (χ4n) is 1.45. The van der Waals surface area contributed by atoms with E-state index in [2.05, 4.69) is 26.2 Å². The van der Waals surface area contributed by atoms with Crippen LogP contribution in [0.4, 0.5) is 18.3 Å². The summed E-state index contributed by atoms with van der Waals surface area (Å²) in [5.74, 6) is -0.238. The monoisotopic (exact) mass is 364 g/mol. The van der Waals surface area contributed by atoms with Crippen LogP contribution in [0.2, 0.25) is 0 Å². The lowest BCUT2D eigenvalue weighted by atomic mass is 10.1. The second-order valence-corrected chi connectivity index (χ2v) is 5.21. The maximum atomic E-state index is 12.4. The van der Waals surface area contributed by atoms with E-state index in [1.165, 1.54) is 23.5 Å². The molecule has 0 spiro atoms. The van der Waals surface area contributed by atoms with Crippen LogP contribution >= 0.6 is 27.3 Å². The number of hydrogen-bond donors (Lipinski definition) is 1. The minimum absolute atomic E-state index is 0.155. The summed E-state index contributed by atoms with van der Waals surface area (Å²) in [4.78, 5) is 15.3. The molecule has 1 aromatic heterocycles. The molecule has 106 valence electrons. The Morgan fingerprint density at radius 1 is 1.30 bits per heavy atom. The number of halogens is 4. The summed E-state index contributed by atoms with van der Waals surface area (Å²) in [7, 11) is 0. The molecule has 1 N–H and O–H groups in total. The van der Waals surface area contributed by atoms with Gasteiger partial charge in [-0.2, -0.15) is 13.2 Å². The molecule has 8 heteroatoms. The minimum Gasteiger partial charge on any atom is -0.301 e. The number of carbonyl (C=O) groups excluding carboxylic acids is 1. The Morgan fingerprint density at radius 3 is 2.50 bits per heavy atom. The first-order chi connectivity index (χ1) is 9.40. The zero-order chi connectivity index (χ0) is 14.8.